The third-order valence-electron chi connectivity index (χ3n) is 5.90. The van der Waals surface area contributed by atoms with E-state index in [2.05, 4.69) is 0 Å². The third kappa shape index (κ3) is 5.78. The topological polar surface area (TPSA) is 225 Å². The molecule has 0 aromatic heterocycles. The van der Waals surface area contributed by atoms with E-state index in [-0.39, 0.29) is 11.5 Å². The Morgan fingerprint density at radius 3 is 2.39 bits per heavy atom. The molecule has 36 heavy (non-hydrogen) atoms. The van der Waals surface area contributed by atoms with Gasteiger partial charge in [-0.05, 0) is 23.8 Å². The fraction of sp³-hybridized carbons (Fsp3) is 0.591. The SMILES string of the molecule is COc1cc(/C=C/C(=O)OC[C@@H]2O[C@H](O[C@]3(CO)O[C@@H](CO)[C@H](O)[C@@H]3O)[C@@H](O)[C@H](O)[C@H]2O)ccc1O. The highest BCUT2D eigenvalue weighted by atomic mass is 16.8. The van der Waals surface area contributed by atoms with E-state index in [1.165, 1.54) is 31.4 Å². The summed E-state index contributed by atoms with van der Waals surface area (Å²) >= 11 is 0. The first-order valence-electron chi connectivity index (χ1n) is 10.9. The molecule has 0 unspecified atom stereocenters. The van der Waals surface area contributed by atoms with Gasteiger partial charge >= 0.3 is 5.97 Å². The van der Waals surface area contributed by atoms with Crippen LogP contribution in [0.25, 0.3) is 6.08 Å². The number of hydrogen-bond acceptors (Lipinski definition) is 14. The molecule has 1 aromatic rings. The lowest BCUT2D eigenvalue weighted by Crippen LogP contribution is -2.62. The number of aliphatic hydroxyl groups excluding tert-OH is 7. The van der Waals surface area contributed by atoms with E-state index < -0.39 is 80.6 Å². The lowest BCUT2D eigenvalue weighted by atomic mass is 9.99. The van der Waals surface area contributed by atoms with Crippen LogP contribution in [-0.2, 0) is 23.7 Å². The lowest BCUT2D eigenvalue weighted by molar-refractivity contribution is -0.383. The minimum Gasteiger partial charge on any atom is -0.504 e. The summed E-state index contributed by atoms with van der Waals surface area (Å²) in [6, 6.07) is 4.36. The van der Waals surface area contributed by atoms with E-state index in [0.717, 1.165) is 6.08 Å². The monoisotopic (exact) mass is 518 g/mol. The molecule has 0 spiro atoms. The van der Waals surface area contributed by atoms with Crippen LogP contribution in [0.2, 0.25) is 0 Å². The third-order valence-corrected chi connectivity index (χ3v) is 5.90. The molecular formula is C22H30O14. The van der Waals surface area contributed by atoms with Crippen LogP contribution >= 0.6 is 0 Å². The molecule has 1 aromatic carbocycles. The van der Waals surface area contributed by atoms with Crippen LogP contribution in [0.4, 0.5) is 0 Å². The van der Waals surface area contributed by atoms with Crippen LogP contribution in [0, 0.1) is 0 Å². The van der Waals surface area contributed by atoms with Crippen molar-refractivity contribution in [3.8, 4) is 11.5 Å². The number of aliphatic hydroxyl groups is 7. The van der Waals surface area contributed by atoms with E-state index in [1.807, 2.05) is 0 Å². The van der Waals surface area contributed by atoms with Crippen LogP contribution in [0.5, 0.6) is 11.5 Å². The zero-order valence-electron chi connectivity index (χ0n) is 19.2. The number of carbonyl (C=O) groups excluding carboxylic acids is 1. The van der Waals surface area contributed by atoms with Crippen LogP contribution in [0.3, 0.4) is 0 Å². The Kier molecular flexibility index (Phi) is 9.23. The standard InChI is InChI=1S/C22H30O14/c1-32-12-6-10(2-4-11(12)25)3-5-15(26)33-8-14-16(27)18(29)19(30)21(34-14)36-22(9-24)20(31)17(28)13(7-23)35-22/h2-6,13-14,16-21,23-25,27-31H,7-9H2,1H3/b5-3+/t13-,14-,16-,17-,18+,19-,20-,21+,22-/m0/s1. The van der Waals surface area contributed by atoms with Crippen molar-refractivity contribution in [3.63, 3.8) is 0 Å². The Bertz CT molecular complexity index is 924. The molecule has 14 nitrogen and oxygen atoms in total. The summed E-state index contributed by atoms with van der Waals surface area (Å²) in [5, 5.41) is 79.6. The number of phenols is 1. The Balaban J connectivity index is 1.64. The Morgan fingerprint density at radius 1 is 1.06 bits per heavy atom. The van der Waals surface area contributed by atoms with E-state index in [0.29, 0.717) is 5.56 Å². The molecule has 2 aliphatic heterocycles. The summed E-state index contributed by atoms with van der Waals surface area (Å²) in [5.74, 6) is -3.07. The van der Waals surface area contributed by atoms with Gasteiger partial charge in [0, 0.05) is 6.08 Å². The summed E-state index contributed by atoms with van der Waals surface area (Å²) < 4.78 is 26.0. The molecule has 2 aliphatic rings. The molecule has 2 fully saturated rings. The average molecular weight is 518 g/mol. The van der Waals surface area contributed by atoms with E-state index >= 15 is 0 Å². The molecule has 0 aliphatic carbocycles. The number of aromatic hydroxyl groups is 1. The highest BCUT2D eigenvalue weighted by Gasteiger charge is 2.58. The van der Waals surface area contributed by atoms with Crippen molar-refractivity contribution in [2.45, 2.75) is 54.8 Å². The quantitative estimate of drug-likeness (QED) is 0.118. The largest absolute Gasteiger partial charge is 0.504 e. The minimum atomic E-state index is -2.32. The van der Waals surface area contributed by atoms with Gasteiger partial charge in [-0.2, -0.15) is 0 Å². The average Bonchev–Trinajstić information content (AvgIpc) is 3.12. The number of ether oxygens (including phenoxy) is 5. The van der Waals surface area contributed by atoms with Crippen molar-refractivity contribution < 1.29 is 69.3 Å². The van der Waals surface area contributed by atoms with Gasteiger partial charge in [-0.1, -0.05) is 6.07 Å². The maximum Gasteiger partial charge on any atom is 0.330 e. The lowest BCUT2D eigenvalue weighted by Gasteiger charge is -2.43. The predicted molar refractivity (Wildman–Crippen MR) is 116 cm³/mol. The number of methoxy groups -OCH3 is 1. The van der Waals surface area contributed by atoms with E-state index in [1.54, 1.807) is 0 Å². The van der Waals surface area contributed by atoms with Crippen LogP contribution < -0.4 is 4.74 Å². The van der Waals surface area contributed by atoms with Crippen molar-refractivity contribution in [1.29, 1.82) is 0 Å². The molecule has 2 saturated heterocycles. The summed E-state index contributed by atoms with van der Waals surface area (Å²) in [6.07, 6.45) is -11.1. The van der Waals surface area contributed by atoms with Gasteiger partial charge in [0.05, 0.1) is 13.7 Å². The summed E-state index contributed by atoms with van der Waals surface area (Å²) in [7, 11) is 1.36. The van der Waals surface area contributed by atoms with Crippen molar-refractivity contribution in [1.82, 2.24) is 0 Å². The van der Waals surface area contributed by atoms with Gasteiger partial charge in [-0.15, -0.1) is 0 Å². The fourth-order valence-corrected chi connectivity index (χ4v) is 3.79. The summed E-state index contributed by atoms with van der Waals surface area (Å²) in [5.41, 5.74) is 0.510. The summed E-state index contributed by atoms with van der Waals surface area (Å²) in [4.78, 5) is 12.1. The first-order valence-corrected chi connectivity index (χ1v) is 10.9. The summed E-state index contributed by atoms with van der Waals surface area (Å²) in [6.45, 7) is -2.34. The van der Waals surface area contributed by atoms with Gasteiger partial charge in [0.2, 0.25) is 5.79 Å². The molecule has 9 atom stereocenters. The molecule has 0 bridgehead atoms. The number of benzene rings is 1. The number of rotatable bonds is 9. The Hall–Kier alpha value is -2.37. The fourth-order valence-electron chi connectivity index (χ4n) is 3.79. The molecule has 202 valence electrons. The Morgan fingerprint density at radius 2 is 1.78 bits per heavy atom. The molecule has 0 radical (unpaired) electrons. The molecular weight excluding hydrogens is 488 g/mol. The van der Waals surface area contributed by atoms with Gasteiger partial charge in [-0.25, -0.2) is 4.79 Å². The van der Waals surface area contributed by atoms with Crippen molar-refractivity contribution in [2.24, 2.45) is 0 Å². The van der Waals surface area contributed by atoms with Gasteiger partial charge in [0.25, 0.3) is 0 Å². The minimum absolute atomic E-state index is 0.0851. The van der Waals surface area contributed by atoms with E-state index in [9.17, 15) is 45.6 Å². The highest BCUT2D eigenvalue weighted by molar-refractivity contribution is 5.87. The van der Waals surface area contributed by atoms with E-state index in [4.69, 9.17) is 23.7 Å². The van der Waals surface area contributed by atoms with Gasteiger partial charge in [-0.3, -0.25) is 0 Å². The molecule has 0 amide bonds. The predicted octanol–water partition coefficient (Wildman–Crippen LogP) is -3.42. The Labute approximate surface area is 205 Å². The van der Waals surface area contributed by atoms with Crippen LogP contribution in [0.15, 0.2) is 24.3 Å². The zero-order chi connectivity index (χ0) is 26.6. The second-order valence-electron chi connectivity index (χ2n) is 8.27. The van der Waals surface area contributed by atoms with Crippen LogP contribution in [0.1, 0.15) is 5.56 Å². The second kappa shape index (κ2) is 11.8. The normalized spacial score (nSPS) is 36.8. The molecule has 14 heteroatoms. The van der Waals surface area contributed by atoms with Gasteiger partial charge < -0.3 is 64.5 Å². The highest BCUT2D eigenvalue weighted by Crippen LogP contribution is 2.36. The maximum atomic E-state index is 12.1. The van der Waals surface area contributed by atoms with Crippen molar-refractivity contribution >= 4 is 12.0 Å². The first-order chi connectivity index (χ1) is 17.1. The van der Waals surface area contributed by atoms with Crippen LogP contribution in [-0.4, -0.2) is 129 Å². The molecule has 8 N–H and O–H groups in total. The maximum absolute atomic E-state index is 12.1. The number of esters is 1. The van der Waals surface area contributed by atoms with Crippen molar-refractivity contribution in [2.75, 3.05) is 26.9 Å². The van der Waals surface area contributed by atoms with Gasteiger partial charge in [0.1, 0.15) is 55.9 Å². The number of carbonyl (C=O) groups is 1. The first kappa shape index (κ1) is 28.2. The zero-order valence-corrected chi connectivity index (χ0v) is 19.2. The molecule has 0 saturated carbocycles. The smallest absolute Gasteiger partial charge is 0.330 e. The molecule has 3 rings (SSSR count). The number of phenolic OH excluding ortho intramolecular Hbond substituents is 1. The molecule has 2 heterocycles. The van der Waals surface area contributed by atoms with Gasteiger partial charge in [0.15, 0.2) is 17.8 Å². The second-order valence-corrected chi connectivity index (χ2v) is 8.27. The number of hydrogen-bond donors (Lipinski definition) is 8. The van der Waals surface area contributed by atoms with Crippen molar-refractivity contribution in [3.05, 3.63) is 29.8 Å².